The Hall–Kier alpha value is -2.11. The van der Waals surface area contributed by atoms with Crippen LogP contribution < -0.4 is 10.1 Å². The van der Waals surface area contributed by atoms with Crippen LogP contribution in [0.1, 0.15) is 5.56 Å². The number of hydrogen-bond donors (Lipinski definition) is 1. The molecule has 0 unspecified atom stereocenters. The molecule has 5 heteroatoms. The van der Waals surface area contributed by atoms with Gasteiger partial charge in [0.05, 0.1) is 4.90 Å². The van der Waals surface area contributed by atoms with E-state index in [0.717, 1.165) is 33.7 Å². The third kappa shape index (κ3) is 3.23. The smallest absolute Gasteiger partial charge is 0.160 e. The second kappa shape index (κ2) is 6.79. The highest BCUT2D eigenvalue weighted by Crippen LogP contribution is 2.46. The zero-order valence-corrected chi connectivity index (χ0v) is 14.8. The molecule has 0 aliphatic carbocycles. The molecule has 3 nitrogen and oxygen atoms in total. The van der Waals surface area contributed by atoms with Crippen LogP contribution in [0.3, 0.4) is 0 Å². The highest BCUT2D eigenvalue weighted by molar-refractivity contribution is 7.99. The lowest BCUT2D eigenvalue weighted by Gasteiger charge is -2.19. The van der Waals surface area contributed by atoms with Gasteiger partial charge in [0, 0.05) is 29.4 Å². The first-order valence-corrected chi connectivity index (χ1v) is 9.67. The standard InChI is InChI=1S/C19H16N2OS2/c1-23-15-7-4-13(5-8-15)12-21-14-6-9-18-17(11-14)22-16-3-2-10-20-19(16)24-18/h2-11,21H,12H2,1H3. The largest absolute Gasteiger partial charge is 0.453 e. The van der Waals surface area contributed by atoms with E-state index in [1.165, 1.54) is 10.5 Å². The summed E-state index contributed by atoms with van der Waals surface area (Å²) in [5, 5.41) is 4.38. The quantitative estimate of drug-likeness (QED) is 0.478. The highest BCUT2D eigenvalue weighted by atomic mass is 32.2. The minimum absolute atomic E-state index is 0.790. The number of aromatic nitrogens is 1. The van der Waals surface area contributed by atoms with Crippen LogP contribution in [0.25, 0.3) is 0 Å². The van der Waals surface area contributed by atoms with Gasteiger partial charge in [-0.3, -0.25) is 0 Å². The van der Waals surface area contributed by atoms with Crippen LogP contribution in [0.2, 0.25) is 0 Å². The Morgan fingerprint density at radius 2 is 1.96 bits per heavy atom. The molecule has 0 radical (unpaired) electrons. The summed E-state index contributed by atoms with van der Waals surface area (Å²) in [4.78, 5) is 6.73. The van der Waals surface area contributed by atoms with Crippen molar-refractivity contribution in [3.05, 3.63) is 66.4 Å². The third-order valence-corrected chi connectivity index (χ3v) is 5.56. The van der Waals surface area contributed by atoms with Crippen molar-refractivity contribution in [3.63, 3.8) is 0 Å². The Bertz CT molecular complexity index is 865. The number of nitrogens with one attached hydrogen (secondary N) is 1. The summed E-state index contributed by atoms with van der Waals surface area (Å²) in [7, 11) is 0. The molecule has 0 bridgehead atoms. The minimum Gasteiger partial charge on any atom is -0.453 e. The lowest BCUT2D eigenvalue weighted by atomic mass is 10.2. The molecular formula is C19H16N2OS2. The molecule has 2 heterocycles. The van der Waals surface area contributed by atoms with Crippen molar-refractivity contribution in [3.8, 4) is 11.5 Å². The summed E-state index contributed by atoms with van der Waals surface area (Å²) in [6.45, 7) is 0.790. The molecule has 1 aliphatic rings. The summed E-state index contributed by atoms with van der Waals surface area (Å²) < 4.78 is 5.97. The molecule has 1 aliphatic heterocycles. The lowest BCUT2D eigenvalue weighted by molar-refractivity contribution is 0.449. The minimum atomic E-state index is 0.790. The lowest BCUT2D eigenvalue weighted by Crippen LogP contribution is -2.01. The number of fused-ring (bicyclic) bond motifs is 2. The maximum Gasteiger partial charge on any atom is 0.160 e. The van der Waals surface area contributed by atoms with Gasteiger partial charge in [-0.2, -0.15) is 0 Å². The average molecular weight is 352 g/mol. The van der Waals surface area contributed by atoms with Gasteiger partial charge in [-0.05, 0) is 48.2 Å². The monoisotopic (exact) mass is 352 g/mol. The molecule has 3 aromatic rings. The Morgan fingerprint density at radius 3 is 2.79 bits per heavy atom. The molecule has 0 saturated carbocycles. The fraction of sp³-hybridized carbons (Fsp3) is 0.105. The van der Waals surface area contributed by atoms with Crippen molar-refractivity contribution in [1.29, 1.82) is 0 Å². The number of pyridine rings is 1. The highest BCUT2D eigenvalue weighted by Gasteiger charge is 2.18. The molecule has 120 valence electrons. The van der Waals surface area contributed by atoms with Gasteiger partial charge in [0.2, 0.25) is 0 Å². The first-order chi connectivity index (χ1) is 11.8. The van der Waals surface area contributed by atoms with Crippen molar-refractivity contribution >= 4 is 29.2 Å². The molecule has 24 heavy (non-hydrogen) atoms. The average Bonchev–Trinajstić information content (AvgIpc) is 2.65. The van der Waals surface area contributed by atoms with Gasteiger partial charge in [0.15, 0.2) is 5.75 Å². The van der Waals surface area contributed by atoms with Crippen LogP contribution in [0.15, 0.2) is 75.6 Å². The van der Waals surface area contributed by atoms with Gasteiger partial charge in [-0.1, -0.05) is 23.9 Å². The molecule has 4 rings (SSSR count). The Morgan fingerprint density at radius 1 is 1.08 bits per heavy atom. The fourth-order valence-electron chi connectivity index (χ4n) is 2.48. The predicted molar refractivity (Wildman–Crippen MR) is 100 cm³/mol. The van der Waals surface area contributed by atoms with E-state index in [2.05, 4.69) is 59.0 Å². The first kappa shape index (κ1) is 15.4. The van der Waals surface area contributed by atoms with Crippen molar-refractivity contribution in [1.82, 2.24) is 4.98 Å². The normalized spacial score (nSPS) is 12.0. The van der Waals surface area contributed by atoms with Gasteiger partial charge < -0.3 is 10.1 Å². The van der Waals surface area contributed by atoms with E-state index in [1.54, 1.807) is 29.7 Å². The van der Waals surface area contributed by atoms with Crippen molar-refractivity contribution < 1.29 is 4.74 Å². The molecule has 0 atom stereocenters. The first-order valence-electron chi connectivity index (χ1n) is 7.63. The van der Waals surface area contributed by atoms with Crippen LogP contribution in [0, 0.1) is 0 Å². The number of anilines is 1. The van der Waals surface area contributed by atoms with Crippen molar-refractivity contribution in [2.75, 3.05) is 11.6 Å². The molecule has 0 fully saturated rings. The van der Waals surface area contributed by atoms with Crippen LogP contribution in [0.4, 0.5) is 5.69 Å². The maximum absolute atomic E-state index is 5.97. The van der Waals surface area contributed by atoms with E-state index in [1.807, 2.05) is 12.1 Å². The predicted octanol–water partition coefficient (Wildman–Crippen LogP) is 5.67. The fourth-order valence-corrected chi connectivity index (χ4v) is 3.76. The summed E-state index contributed by atoms with van der Waals surface area (Å²) in [5.74, 6) is 1.70. The van der Waals surface area contributed by atoms with Gasteiger partial charge >= 0.3 is 0 Å². The number of benzene rings is 2. The SMILES string of the molecule is CSc1ccc(CNc2ccc3c(c2)Oc2cccnc2S3)cc1. The second-order valence-corrected chi connectivity index (χ2v) is 7.28. The summed E-state index contributed by atoms with van der Waals surface area (Å²) in [6.07, 6.45) is 3.88. The molecule has 0 spiro atoms. The Labute approximate surface area is 149 Å². The van der Waals surface area contributed by atoms with Crippen LogP contribution in [0.5, 0.6) is 11.5 Å². The van der Waals surface area contributed by atoms with Gasteiger partial charge in [0.1, 0.15) is 10.8 Å². The third-order valence-electron chi connectivity index (χ3n) is 3.76. The number of rotatable bonds is 4. The second-order valence-electron chi connectivity index (χ2n) is 5.37. The molecular weight excluding hydrogens is 336 g/mol. The number of thioether (sulfide) groups is 1. The molecule has 1 aromatic heterocycles. The van der Waals surface area contributed by atoms with E-state index < -0.39 is 0 Å². The van der Waals surface area contributed by atoms with E-state index in [9.17, 15) is 0 Å². The molecule has 1 N–H and O–H groups in total. The number of hydrogen-bond acceptors (Lipinski definition) is 5. The zero-order chi connectivity index (χ0) is 16.4. The zero-order valence-electron chi connectivity index (χ0n) is 13.2. The molecule has 0 amide bonds. The molecule has 0 saturated heterocycles. The van der Waals surface area contributed by atoms with Crippen LogP contribution in [-0.4, -0.2) is 11.2 Å². The Kier molecular flexibility index (Phi) is 4.36. The summed E-state index contributed by atoms with van der Waals surface area (Å²) >= 11 is 3.40. The Balaban J connectivity index is 1.48. The van der Waals surface area contributed by atoms with Crippen LogP contribution in [-0.2, 0) is 6.54 Å². The number of ether oxygens (including phenoxy) is 1. The van der Waals surface area contributed by atoms with Crippen molar-refractivity contribution in [2.24, 2.45) is 0 Å². The van der Waals surface area contributed by atoms with Crippen molar-refractivity contribution in [2.45, 2.75) is 21.4 Å². The van der Waals surface area contributed by atoms with Gasteiger partial charge in [0.25, 0.3) is 0 Å². The maximum atomic E-state index is 5.97. The van der Waals surface area contributed by atoms with E-state index in [-0.39, 0.29) is 0 Å². The van der Waals surface area contributed by atoms with Crippen LogP contribution >= 0.6 is 23.5 Å². The number of nitrogens with zero attached hydrogens (tertiary/aromatic N) is 1. The van der Waals surface area contributed by atoms with E-state index in [4.69, 9.17) is 4.74 Å². The summed E-state index contributed by atoms with van der Waals surface area (Å²) in [5.41, 5.74) is 2.31. The van der Waals surface area contributed by atoms with Gasteiger partial charge in [-0.15, -0.1) is 11.8 Å². The van der Waals surface area contributed by atoms with E-state index >= 15 is 0 Å². The summed E-state index contributed by atoms with van der Waals surface area (Å²) in [6, 6.07) is 18.7. The van der Waals surface area contributed by atoms with E-state index in [0.29, 0.717) is 0 Å². The van der Waals surface area contributed by atoms with Gasteiger partial charge in [-0.25, -0.2) is 4.98 Å². The molecule has 2 aromatic carbocycles. The topological polar surface area (TPSA) is 34.1 Å².